The molecule has 2 rings (SSSR count). The Hall–Kier alpha value is -1.30. The number of carbonyl (C=O) groups excluding carboxylic acids is 2. The Balaban J connectivity index is 1.93. The number of carbonyl (C=O) groups is 2. The van der Waals surface area contributed by atoms with Crippen molar-refractivity contribution in [3.05, 3.63) is 0 Å². The molecule has 0 saturated carbocycles. The number of nitrogens with zero attached hydrogens (tertiary/aromatic N) is 1. The highest BCUT2D eigenvalue weighted by molar-refractivity contribution is 5.80. The van der Waals surface area contributed by atoms with E-state index in [0.29, 0.717) is 6.54 Å². The van der Waals surface area contributed by atoms with Crippen LogP contribution in [0, 0.1) is 5.92 Å². The number of hydrogen-bond acceptors (Lipinski definition) is 3. The SMILES string of the molecule is NC(=O)NCC1CCCCN1C(=O)C1CCNC1. The van der Waals surface area contributed by atoms with E-state index in [4.69, 9.17) is 5.73 Å². The molecule has 2 aliphatic heterocycles. The van der Waals surface area contributed by atoms with E-state index in [-0.39, 0.29) is 17.9 Å². The first-order valence-electron chi connectivity index (χ1n) is 6.73. The zero-order valence-electron chi connectivity index (χ0n) is 10.7. The molecule has 2 saturated heterocycles. The van der Waals surface area contributed by atoms with Crippen LogP contribution < -0.4 is 16.4 Å². The third kappa shape index (κ3) is 3.13. The smallest absolute Gasteiger partial charge is 0.312 e. The average molecular weight is 254 g/mol. The number of primary amides is 1. The van der Waals surface area contributed by atoms with Crippen molar-refractivity contribution in [1.29, 1.82) is 0 Å². The van der Waals surface area contributed by atoms with Crippen molar-refractivity contribution in [3.8, 4) is 0 Å². The maximum Gasteiger partial charge on any atom is 0.312 e. The van der Waals surface area contributed by atoms with Crippen molar-refractivity contribution in [2.45, 2.75) is 31.7 Å². The van der Waals surface area contributed by atoms with Crippen LogP contribution in [0.1, 0.15) is 25.7 Å². The van der Waals surface area contributed by atoms with Crippen molar-refractivity contribution in [3.63, 3.8) is 0 Å². The molecule has 2 heterocycles. The quantitative estimate of drug-likeness (QED) is 0.643. The van der Waals surface area contributed by atoms with Crippen LogP contribution >= 0.6 is 0 Å². The van der Waals surface area contributed by atoms with E-state index in [1.165, 1.54) is 0 Å². The van der Waals surface area contributed by atoms with Crippen LogP contribution in [0.3, 0.4) is 0 Å². The van der Waals surface area contributed by atoms with Gasteiger partial charge in [-0.3, -0.25) is 4.79 Å². The molecule has 0 bridgehead atoms. The van der Waals surface area contributed by atoms with Gasteiger partial charge in [0.2, 0.25) is 5.91 Å². The first kappa shape index (κ1) is 13.1. The van der Waals surface area contributed by atoms with E-state index in [1.54, 1.807) is 0 Å². The average Bonchev–Trinajstić information content (AvgIpc) is 2.89. The van der Waals surface area contributed by atoms with Gasteiger partial charge in [-0.15, -0.1) is 0 Å². The molecule has 0 aromatic rings. The number of nitrogens with one attached hydrogen (secondary N) is 2. The predicted molar refractivity (Wildman–Crippen MR) is 67.9 cm³/mol. The summed E-state index contributed by atoms with van der Waals surface area (Å²) in [5.74, 6) is 0.343. The molecule has 0 aliphatic carbocycles. The molecule has 102 valence electrons. The maximum absolute atomic E-state index is 12.4. The normalized spacial score (nSPS) is 28.1. The Bertz CT molecular complexity index is 315. The van der Waals surface area contributed by atoms with Crippen molar-refractivity contribution in [2.24, 2.45) is 11.7 Å². The van der Waals surface area contributed by atoms with E-state index >= 15 is 0 Å². The molecule has 6 nitrogen and oxygen atoms in total. The van der Waals surface area contributed by atoms with Gasteiger partial charge in [-0.25, -0.2) is 4.79 Å². The Morgan fingerprint density at radius 1 is 1.33 bits per heavy atom. The van der Waals surface area contributed by atoms with Gasteiger partial charge in [0.25, 0.3) is 0 Å². The van der Waals surface area contributed by atoms with Gasteiger partial charge in [-0.05, 0) is 32.2 Å². The zero-order chi connectivity index (χ0) is 13.0. The topological polar surface area (TPSA) is 87.5 Å². The highest BCUT2D eigenvalue weighted by atomic mass is 16.2. The lowest BCUT2D eigenvalue weighted by molar-refractivity contribution is -0.138. The van der Waals surface area contributed by atoms with E-state index in [1.807, 2.05) is 4.90 Å². The Morgan fingerprint density at radius 3 is 2.83 bits per heavy atom. The van der Waals surface area contributed by atoms with Gasteiger partial charge in [-0.2, -0.15) is 0 Å². The Kier molecular flexibility index (Phi) is 4.41. The number of nitrogens with two attached hydrogens (primary N) is 1. The second-order valence-electron chi connectivity index (χ2n) is 5.12. The molecular formula is C12H22N4O2. The third-order valence-electron chi connectivity index (χ3n) is 3.83. The van der Waals surface area contributed by atoms with Gasteiger partial charge in [0, 0.05) is 25.7 Å². The highest BCUT2D eigenvalue weighted by Crippen LogP contribution is 2.21. The van der Waals surface area contributed by atoms with Crippen molar-refractivity contribution in [2.75, 3.05) is 26.2 Å². The zero-order valence-corrected chi connectivity index (χ0v) is 10.7. The second-order valence-corrected chi connectivity index (χ2v) is 5.12. The molecule has 0 aromatic carbocycles. The molecule has 4 N–H and O–H groups in total. The monoisotopic (exact) mass is 254 g/mol. The lowest BCUT2D eigenvalue weighted by atomic mass is 9.98. The molecule has 2 atom stereocenters. The largest absolute Gasteiger partial charge is 0.352 e. The summed E-state index contributed by atoms with van der Waals surface area (Å²) in [7, 11) is 0. The minimum atomic E-state index is -0.518. The highest BCUT2D eigenvalue weighted by Gasteiger charge is 2.32. The summed E-state index contributed by atoms with van der Waals surface area (Å²) in [6, 6.07) is -0.408. The van der Waals surface area contributed by atoms with Gasteiger partial charge in [0.15, 0.2) is 0 Å². The lowest BCUT2D eigenvalue weighted by Gasteiger charge is -2.37. The Labute approximate surface area is 107 Å². The number of piperidine rings is 1. The number of hydrogen-bond donors (Lipinski definition) is 3. The molecule has 2 fully saturated rings. The fraction of sp³-hybridized carbons (Fsp3) is 0.833. The van der Waals surface area contributed by atoms with E-state index < -0.39 is 6.03 Å². The van der Waals surface area contributed by atoms with Gasteiger partial charge in [0.1, 0.15) is 0 Å². The second kappa shape index (κ2) is 6.04. The number of amides is 3. The molecule has 6 heteroatoms. The fourth-order valence-corrected chi connectivity index (χ4v) is 2.82. The van der Waals surface area contributed by atoms with Gasteiger partial charge in [-0.1, -0.05) is 0 Å². The number of likely N-dealkylation sites (tertiary alicyclic amines) is 1. The molecule has 0 radical (unpaired) electrons. The molecule has 0 aromatic heterocycles. The van der Waals surface area contributed by atoms with E-state index in [2.05, 4.69) is 10.6 Å². The van der Waals surface area contributed by atoms with Crippen LogP contribution in [0.5, 0.6) is 0 Å². The van der Waals surface area contributed by atoms with Crippen LogP contribution in [0.15, 0.2) is 0 Å². The van der Waals surface area contributed by atoms with Crippen molar-refractivity contribution >= 4 is 11.9 Å². The van der Waals surface area contributed by atoms with Gasteiger partial charge < -0.3 is 21.3 Å². The summed E-state index contributed by atoms with van der Waals surface area (Å²) < 4.78 is 0. The molecule has 3 amide bonds. The van der Waals surface area contributed by atoms with E-state index in [9.17, 15) is 9.59 Å². The molecule has 2 aliphatic rings. The molecule has 0 spiro atoms. The van der Waals surface area contributed by atoms with Crippen molar-refractivity contribution in [1.82, 2.24) is 15.5 Å². The minimum absolute atomic E-state index is 0.110. The summed E-state index contributed by atoms with van der Waals surface area (Å²) in [5.41, 5.74) is 5.09. The molecular weight excluding hydrogens is 232 g/mol. The first-order chi connectivity index (χ1) is 8.68. The lowest BCUT2D eigenvalue weighted by Crippen LogP contribution is -2.52. The van der Waals surface area contributed by atoms with E-state index in [0.717, 1.165) is 45.3 Å². The minimum Gasteiger partial charge on any atom is -0.352 e. The number of rotatable bonds is 3. The molecule has 18 heavy (non-hydrogen) atoms. The van der Waals surface area contributed by atoms with Crippen LogP contribution in [0.25, 0.3) is 0 Å². The van der Waals surface area contributed by atoms with Gasteiger partial charge in [0.05, 0.1) is 5.92 Å². The van der Waals surface area contributed by atoms with Gasteiger partial charge >= 0.3 is 6.03 Å². The van der Waals surface area contributed by atoms with Crippen molar-refractivity contribution < 1.29 is 9.59 Å². The van der Waals surface area contributed by atoms with Crippen LogP contribution in [-0.2, 0) is 4.79 Å². The van der Waals surface area contributed by atoms with Crippen LogP contribution in [0.2, 0.25) is 0 Å². The summed E-state index contributed by atoms with van der Waals surface area (Å²) in [6.45, 7) is 2.99. The predicted octanol–water partition coefficient (Wildman–Crippen LogP) is -0.355. The summed E-state index contributed by atoms with van der Waals surface area (Å²) in [4.78, 5) is 25.1. The molecule has 2 unspecified atom stereocenters. The summed E-state index contributed by atoms with van der Waals surface area (Å²) in [5, 5.41) is 5.84. The fourth-order valence-electron chi connectivity index (χ4n) is 2.82. The summed E-state index contributed by atoms with van der Waals surface area (Å²) >= 11 is 0. The van der Waals surface area contributed by atoms with Crippen LogP contribution in [0.4, 0.5) is 4.79 Å². The standard InChI is InChI=1S/C12H22N4O2/c13-12(18)15-8-10-3-1-2-6-16(10)11(17)9-4-5-14-7-9/h9-10,14H,1-8H2,(H3,13,15,18). The maximum atomic E-state index is 12.4. The summed E-state index contributed by atoms with van der Waals surface area (Å²) in [6.07, 6.45) is 4.04. The first-order valence-corrected chi connectivity index (χ1v) is 6.73. The van der Waals surface area contributed by atoms with Crippen LogP contribution in [-0.4, -0.2) is 49.1 Å². The third-order valence-corrected chi connectivity index (χ3v) is 3.83. The number of urea groups is 1. The Morgan fingerprint density at radius 2 is 2.17 bits per heavy atom.